The number of hydrogen-bond donors (Lipinski definition) is 0. The van der Waals surface area contributed by atoms with E-state index in [0.717, 1.165) is 17.1 Å². The molecular weight excluding hydrogens is 396 g/mol. The van der Waals surface area contributed by atoms with E-state index in [-0.39, 0.29) is 5.91 Å². The van der Waals surface area contributed by atoms with Crippen molar-refractivity contribution in [3.05, 3.63) is 75.8 Å². The monoisotopic (exact) mass is 420 g/mol. The van der Waals surface area contributed by atoms with Crippen LogP contribution in [-0.4, -0.2) is 47.2 Å². The minimum absolute atomic E-state index is 0.0214. The van der Waals surface area contributed by atoms with Crippen LogP contribution >= 0.6 is 11.6 Å². The minimum atomic E-state index is -0.0214. The van der Waals surface area contributed by atoms with Crippen LogP contribution in [0.1, 0.15) is 27.0 Å². The highest BCUT2D eigenvalue weighted by Gasteiger charge is 2.24. The fraction of sp³-hybridized carbons (Fsp3) is 0.292. The van der Waals surface area contributed by atoms with E-state index in [0.29, 0.717) is 36.8 Å². The normalized spacial score (nSPS) is 14.1. The zero-order valence-corrected chi connectivity index (χ0v) is 18.3. The number of halogens is 1. The molecule has 1 saturated heterocycles. The van der Waals surface area contributed by atoms with E-state index >= 15 is 0 Å². The zero-order valence-electron chi connectivity index (χ0n) is 17.5. The maximum atomic E-state index is 12.7. The van der Waals surface area contributed by atoms with E-state index < -0.39 is 0 Å². The summed E-state index contributed by atoms with van der Waals surface area (Å²) in [5.74, 6) is 0.817. The first kappa shape index (κ1) is 20.4. The van der Waals surface area contributed by atoms with Gasteiger partial charge in [-0.15, -0.1) is 10.2 Å². The fourth-order valence-electron chi connectivity index (χ4n) is 3.82. The van der Waals surface area contributed by atoms with Crippen molar-refractivity contribution in [2.45, 2.75) is 20.8 Å². The second kappa shape index (κ2) is 8.44. The standard InChI is InChI=1S/C24H25ClN4O/c1-16-14-18(3)20(15-17(16)2)22-8-9-23(27-26-22)28-10-12-29(13-11-28)24(30)19-6-4-5-7-21(19)25/h4-9,14-15H,10-13H2,1-3H3. The van der Waals surface area contributed by atoms with E-state index in [1.807, 2.05) is 29.2 Å². The first-order valence-corrected chi connectivity index (χ1v) is 10.5. The van der Waals surface area contributed by atoms with Crippen LogP contribution in [-0.2, 0) is 0 Å². The van der Waals surface area contributed by atoms with Crippen molar-refractivity contribution in [1.29, 1.82) is 0 Å². The van der Waals surface area contributed by atoms with Gasteiger partial charge in [-0.2, -0.15) is 0 Å². The summed E-state index contributed by atoms with van der Waals surface area (Å²) in [6.45, 7) is 9.03. The van der Waals surface area contributed by atoms with Crippen LogP contribution in [0.15, 0.2) is 48.5 Å². The van der Waals surface area contributed by atoms with Crippen molar-refractivity contribution >= 4 is 23.3 Å². The molecule has 3 aromatic rings. The highest BCUT2D eigenvalue weighted by atomic mass is 35.5. The molecule has 0 spiro atoms. The van der Waals surface area contributed by atoms with Gasteiger partial charge in [0, 0.05) is 31.7 Å². The van der Waals surface area contributed by atoms with Gasteiger partial charge >= 0.3 is 0 Å². The molecule has 6 heteroatoms. The summed E-state index contributed by atoms with van der Waals surface area (Å²) in [5.41, 5.74) is 6.29. The summed E-state index contributed by atoms with van der Waals surface area (Å²) >= 11 is 6.18. The van der Waals surface area contributed by atoms with Crippen molar-refractivity contribution < 1.29 is 4.79 Å². The van der Waals surface area contributed by atoms with E-state index in [1.165, 1.54) is 16.7 Å². The topological polar surface area (TPSA) is 49.3 Å². The molecule has 30 heavy (non-hydrogen) atoms. The van der Waals surface area contributed by atoms with Crippen molar-refractivity contribution in [3.63, 3.8) is 0 Å². The van der Waals surface area contributed by atoms with Gasteiger partial charge in [0.05, 0.1) is 16.3 Å². The summed E-state index contributed by atoms with van der Waals surface area (Å²) in [6.07, 6.45) is 0. The molecule has 1 aromatic heterocycles. The highest BCUT2D eigenvalue weighted by molar-refractivity contribution is 6.33. The van der Waals surface area contributed by atoms with Gasteiger partial charge in [0.15, 0.2) is 5.82 Å². The van der Waals surface area contributed by atoms with Crippen molar-refractivity contribution in [3.8, 4) is 11.3 Å². The van der Waals surface area contributed by atoms with Crippen LogP contribution in [0.3, 0.4) is 0 Å². The van der Waals surface area contributed by atoms with E-state index in [2.05, 4.69) is 48.0 Å². The molecule has 1 amide bonds. The second-order valence-corrected chi connectivity index (χ2v) is 8.19. The van der Waals surface area contributed by atoms with Gasteiger partial charge in [-0.1, -0.05) is 29.8 Å². The van der Waals surface area contributed by atoms with E-state index in [4.69, 9.17) is 11.6 Å². The first-order valence-electron chi connectivity index (χ1n) is 10.1. The Kier molecular flexibility index (Phi) is 5.73. The second-order valence-electron chi connectivity index (χ2n) is 7.79. The fourth-order valence-corrected chi connectivity index (χ4v) is 4.03. The molecule has 1 fully saturated rings. The Bertz CT molecular complexity index is 1070. The lowest BCUT2D eigenvalue weighted by Gasteiger charge is -2.35. The quantitative estimate of drug-likeness (QED) is 0.617. The van der Waals surface area contributed by atoms with Crippen LogP contribution < -0.4 is 4.90 Å². The first-order chi connectivity index (χ1) is 14.4. The molecule has 0 bridgehead atoms. The molecule has 5 nitrogen and oxygen atoms in total. The molecule has 1 aliphatic rings. The molecule has 0 unspecified atom stereocenters. The van der Waals surface area contributed by atoms with Gasteiger partial charge < -0.3 is 9.80 Å². The Labute approximate surface area is 182 Å². The summed E-state index contributed by atoms with van der Waals surface area (Å²) in [6, 6.07) is 15.6. The van der Waals surface area contributed by atoms with Crippen LogP contribution in [0, 0.1) is 20.8 Å². The van der Waals surface area contributed by atoms with Crippen molar-refractivity contribution in [2.24, 2.45) is 0 Å². The van der Waals surface area contributed by atoms with Crippen LogP contribution in [0.4, 0.5) is 5.82 Å². The number of aryl methyl sites for hydroxylation is 3. The highest BCUT2D eigenvalue weighted by Crippen LogP contribution is 2.26. The lowest BCUT2D eigenvalue weighted by Crippen LogP contribution is -2.49. The van der Waals surface area contributed by atoms with Gasteiger partial charge in [0.2, 0.25) is 0 Å². The van der Waals surface area contributed by atoms with Gasteiger partial charge in [0.1, 0.15) is 0 Å². The Hall–Kier alpha value is -2.92. The number of piperazine rings is 1. The molecule has 4 rings (SSSR count). The average Bonchev–Trinajstić information content (AvgIpc) is 2.76. The zero-order chi connectivity index (χ0) is 21.3. The number of carbonyl (C=O) groups is 1. The summed E-state index contributed by atoms with van der Waals surface area (Å²) < 4.78 is 0. The van der Waals surface area contributed by atoms with E-state index in [9.17, 15) is 4.79 Å². The number of benzene rings is 2. The number of nitrogens with zero attached hydrogens (tertiary/aromatic N) is 4. The lowest BCUT2D eigenvalue weighted by atomic mass is 9.99. The number of amides is 1. The summed E-state index contributed by atoms with van der Waals surface area (Å²) in [4.78, 5) is 16.8. The smallest absolute Gasteiger partial charge is 0.255 e. The Morgan fingerprint density at radius 3 is 2.23 bits per heavy atom. The maximum absolute atomic E-state index is 12.7. The third kappa shape index (κ3) is 4.03. The molecule has 0 saturated carbocycles. The molecule has 2 aromatic carbocycles. The molecule has 154 valence electrons. The Balaban J connectivity index is 1.44. The molecule has 0 N–H and O–H groups in total. The summed E-state index contributed by atoms with van der Waals surface area (Å²) in [5, 5.41) is 9.44. The van der Waals surface area contributed by atoms with Gasteiger partial charge in [-0.25, -0.2) is 0 Å². The molecule has 0 aliphatic carbocycles. The largest absolute Gasteiger partial charge is 0.352 e. The number of aromatic nitrogens is 2. The average molecular weight is 421 g/mol. The van der Waals surface area contributed by atoms with Crippen molar-refractivity contribution in [2.75, 3.05) is 31.1 Å². The predicted octanol–water partition coefficient (Wildman–Crippen LogP) is 4.68. The van der Waals surface area contributed by atoms with Crippen LogP contribution in [0.5, 0.6) is 0 Å². The minimum Gasteiger partial charge on any atom is -0.352 e. The number of anilines is 1. The third-order valence-corrected chi connectivity index (χ3v) is 6.09. The Morgan fingerprint density at radius 2 is 1.57 bits per heavy atom. The van der Waals surface area contributed by atoms with Crippen LogP contribution in [0.2, 0.25) is 5.02 Å². The van der Waals surface area contributed by atoms with Crippen LogP contribution in [0.25, 0.3) is 11.3 Å². The van der Waals surface area contributed by atoms with Gasteiger partial charge in [0.25, 0.3) is 5.91 Å². The maximum Gasteiger partial charge on any atom is 0.255 e. The van der Waals surface area contributed by atoms with Crippen molar-refractivity contribution in [1.82, 2.24) is 15.1 Å². The molecular formula is C24H25ClN4O. The number of hydrogen-bond acceptors (Lipinski definition) is 4. The molecule has 2 heterocycles. The van der Waals surface area contributed by atoms with E-state index in [1.54, 1.807) is 12.1 Å². The SMILES string of the molecule is Cc1cc(C)c(-c2ccc(N3CCN(C(=O)c4ccccc4Cl)CC3)nn2)cc1C. The van der Waals surface area contributed by atoms with Gasteiger partial charge in [-0.3, -0.25) is 4.79 Å². The molecule has 1 aliphatic heterocycles. The molecule has 0 atom stereocenters. The number of carbonyl (C=O) groups excluding carboxylic acids is 1. The summed E-state index contributed by atoms with van der Waals surface area (Å²) in [7, 11) is 0. The lowest BCUT2D eigenvalue weighted by molar-refractivity contribution is 0.0746. The Morgan fingerprint density at radius 1 is 0.867 bits per heavy atom. The van der Waals surface area contributed by atoms with Gasteiger partial charge in [-0.05, 0) is 67.8 Å². The number of rotatable bonds is 3. The molecule has 0 radical (unpaired) electrons. The predicted molar refractivity (Wildman–Crippen MR) is 121 cm³/mol. The third-order valence-electron chi connectivity index (χ3n) is 5.76.